The highest BCUT2D eigenvalue weighted by atomic mass is 35.5. The molecule has 2 atom stereocenters. The average Bonchev–Trinajstić information content (AvgIpc) is 3.20. The molecule has 0 saturated carbocycles. The lowest BCUT2D eigenvalue weighted by Gasteiger charge is -2.27. The maximum atomic E-state index is 12.6. The summed E-state index contributed by atoms with van der Waals surface area (Å²) in [6.07, 6.45) is 6.39. The Balaban J connectivity index is 2.18. The second-order valence-corrected chi connectivity index (χ2v) is 8.50. The van der Waals surface area contributed by atoms with Gasteiger partial charge in [-0.1, -0.05) is 37.2 Å². The highest BCUT2D eigenvalue weighted by Gasteiger charge is 2.35. The van der Waals surface area contributed by atoms with Crippen molar-refractivity contribution in [3.8, 4) is 6.07 Å². The zero-order valence-electron chi connectivity index (χ0n) is 19.3. The molecular weight excluding hydrogens is 441 g/mol. The number of rotatable bonds is 12. The molecule has 2 rings (SSSR count). The number of carbonyl (C=O) groups is 1. The Kier molecular flexibility index (Phi) is 10.9. The van der Waals surface area contributed by atoms with Gasteiger partial charge in [0.1, 0.15) is 19.3 Å². The first-order valence-electron chi connectivity index (χ1n) is 11.1. The molecular formula is C25H33ClFN5O. The van der Waals surface area contributed by atoms with E-state index in [0.29, 0.717) is 37.0 Å². The van der Waals surface area contributed by atoms with Gasteiger partial charge in [0.15, 0.2) is 0 Å². The number of nitrogens with zero attached hydrogens (tertiary/aromatic N) is 2. The first-order valence-corrected chi connectivity index (χ1v) is 11.5. The second kappa shape index (κ2) is 13.7. The molecule has 0 unspecified atom stereocenters. The predicted molar refractivity (Wildman–Crippen MR) is 134 cm³/mol. The number of carbonyl (C=O) groups excluding carboxylic acids is 1. The number of allylic oxidation sites excluding steroid dienone is 4. The van der Waals surface area contributed by atoms with Crippen molar-refractivity contribution in [1.82, 2.24) is 16.0 Å². The molecule has 8 heteroatoms. The summed E-state index contributed by atoms with van der Waals surface area (Å²) in [5.74, 6) is 0.183. The van der Waals surface area contributed by atoms with E-state index in [2.05, 4.69) is 29.5 Å². The fraction of sp³-hybridized carbons (Fsp3) is 0.440. The van der Waals surface area contributed by atoms with Gasteiger partial charge in [0, 0.05) is 31.9 Å². The van der Waals surface area contributed by atoms with Crippen LogP contribution in [0.3, 0.4) is 0 Å². The van der Waals surface area contributed by atoms with E-state index < -0.39 is 0 Å². The van der Waals surface area contributed by atoms with Gasteiger partial charge in [-0.3, -0.25) is 4.79 Å². The minimum atomic E-state index is -0.378. The van der Waals surface area contributed by atoms with E-state index in [4.69, 9.17) is 16.9 Å². The highest BCUT2D eigenvalue weighted by molar-refractivity contribution is 6.33. The Morgan fingerprint density at radius 1 is 1.33 bits per heavy atom. The van der Waals surface area contributed by atoms with Crippen LogP contribution in [0.2, 0.25) is 5.02 Å². The van der Waals surface area contributed by atoms with Crippen molar-refractivity contribution in [2.24, 2.45) is 5.92 Å². The molecule has 178 valence electrons. The van der Waals surface area contributed by atoms with Crippen molar-refractivity contribution >= 4 is 28.8 Å². The van der Waals surface area contributed by atoms with Crippen LogP contribution in [0.4, 0.5) is 10.1 Å². The van der Waals surface area contributed by atoms with Gasteiger partial charge in [-0.05, 0) is 54.7 Å². The van der Waals surface area contributed by atoms with Crippen LogP contribution in [-0.4, -0.2) is 51.3 Å². The molecule has 1 aromatic carbocycles. The van der Waals surface area contributed by atoms with Crippen molar-refractivity contribution < 1.29 is 9.18 Å². The third-order valence-electron chi connectivity index (χ3n) is 5.50. The molecule has 0 spiro atoms. The number of nitrogens with one attached hydrogen (secondary N) is 3. The largest absolute Gasteiger partial charge is 0.384 e. The Morgan fingerprint density at radius 3 is 2.82 bits per heavy atom. The van der Waals surface area contributed by atoms with Crippen LogP contribution in [0.15, 0.2) is 48.7 Å². The lowest BCUT2D eigenvalue weighted by atomic mass is 10.0. The van der Waals surface area contributed by atoms with Gasteiger partial charge in [-0.2, -0.15) is 5.26 Å². The molecule has 1 aromatic rings. The fourth-order valence-electron chi connectivity index (χ4n) is 3.78. The standard InChI is InChI=1S/C25H33ClFN5O/c1-4-21(30-14-13-29-11-9-27)7-5-19(3)20-6-8-22(26)23(16-20)32-17-18(2)15-24(32)25(33)31-12-10-28/h4-8,16,18,24,29-30H,1,9,11-15,17H2,2-3H3,(H,31,33)/b19-5+,21-7+/t18-,24-/m0/s1. The number of hydrogen-bond acceptors (Lipinski definition) is 5. The SMILES string of the molecule is C=C/C(=C\C=C(/C)c1ccc(Cl)c(N2C[C@@H](C)C[C@H]2C(=O)NCC#N)c1)NCCNCCF. The Bertz CT molecular complexity index is 924. The van der Waals surface area contributed by atoms with E-state index in [0.717, 1.165) is 29.1 Å². The minimum Gasteiger partial charge on any atom is -0.384 e. The Morgan fingerprint density at radius 2 is 2.12 bits per heavy atom. The fourth-order valence-corrected chi connectivity index (χ4v) is 4.01. The van der Waals surface area contributed by atoms with E-state index in [1.54, 1.807) is 6.08 Å². The molecule has 6 nitrogen and oxygen atoms in total. The molecule has 1 aliphatic heterocycles. The monoisotopic (exact) mass is 473 g/mol. The number of hydrogen-bond donors (Lipinski definition) is 3. The van der Waals surface area contributed by atoms with Gasteiger partial charge < -0.3 is 20.9 Å². The summed E-state index contributed by atoms with van der Waals surface area (Å²) in [6, 6.07) is 7.41. The van der Waals surface area contributed by atoms with Crippen molar-refractivity contribution in [1.29, 1.82) is 5.26 Å². The van der Waals surface area contributed by atoms with Crippen LogP contribution in [0.1, 0.15) is 25.8 Å². The molecule has 0 bridgehead atoms. The normalized spacial score (nSPS) is 18.7. The van der Waals surface area contributed by atoms with Crippen molar-refractivity contribution in [3.05, 3.63) is 59.3 Å². The first kappa shape index (κ1) is 26.4. The highest BCUT2D eigenvalue weighted by Crippen LogP contribution is 2.36. The Labute approximate surface area is 201 Å². The van der Waals surface area contributed by atoms with Crippen LogP contribution >= 0.6 is 11.6 Å². The van der Waals surface area contributed by atoms with Gasteiger partial charge in [-0.25, -0.2) is 4.39 Å². The minimum absolute atomic E-state index is 0.00884. The smallest absolute Gasteiger partial charge is 0.243 e. The number of anilines is 1. The zero-order valence-corrected chi connectivity index (χ0v) is 20.1. The van der Waals surface area contributed by atoms with Crippen molar-refractivity contribution in [3.63, 3.8) is 0 Å². The predicted octanol–water partition coefficient (Wildman–Crippen LogP) is 3.82. The van der Waals surface area contributed by atoms with Crippen LogP contribution in [0, 0.1) is 17.2 Å². The van der Waals surface area contributed by atoms with E-state index in [9.17, 15) is 9.18 Å². The van der Waals surface area contributed by atoms with E-state index >= 15 is 0 Å². The number of alkyl halides is 1. The molecule has 0 aromatic heterocycles. The summed E-state index contributed by atoms with van der Waals surface area (Å²) >= 11 is 6.54. The van der Waals surface area contributed by atoms with E-state index in [1.165, 1.54) is 0 Å². The van der Waals surface area contributed by atoms with Crippen molar-refractivity contribution in [2.45, 2.75) is 26.3 Å². The molecule has 33 heavy (non-hydrogen) atoms. The summed E-state index contributed by atoms with van der Waals surface area (Å²) in [6.45, 7) is 9.96. The summed E-state index contributed by atoms with van der Waals surface area (Å²) in [4.78, 5) is 14.6. The van der Waals surface area contributed by atoms with Crippen LogP contribution in [-0.2, 0) is 4.79 Å². The summed E-state index contributed by atoms with van der Waals surface area (Å²) in [7, 11) is 0. The molecule has 0 aliphatic carbocycles. The maximum absolute atomic E-state index is 12.6. The zero-order chi connectivity index (χ0) is 24.2. The van der Waals surface area contributed by atoms with Gasteiger partial charge in [0.05, 0.1) is 16.8 Å². The lowest BCUT2D eigenvalue weighted by Crippen LogP contribution is -2.43. The van der Waals surface area contributed by atoms with Gasteiger partial charge in [0.2, 0.25) is 5.91 Å². The summed E-state index contributed by atoms with van der Waals surface area (Å²) < 4.78 is 12.1. The number of nitriles is 1. The van der Waals surface area contributed by atoms with Gasteiger partial charge in [-0.15, -0.1) is 0 Å². The second-order valence-electron chi connectivity index (χ2n) is 8.09. The van der Waals surface area contributed by atoms with Gasteiger partial charge in [0.25, 0.3) is 0 Å². The van der Waals surface area contributed by atoms with Crippen LogP contribution in [0.5, 0.6) is 0 Å². The number of benzene rings is 1. The molecule has 1 heterocycles. The third kappa shape index (κ3) is 7.92. The van der Waals surface area contributed by atoms with Crippen LogP contribution in [0.25, 0.3) is 5.57 Å². The molecule has 1 aliphatic rings. The molecule has 1 fully saturated rings. The topological polar surface area (TPSA) is 80.2 Å². The van der Waals surface area contributed by atoms with Crippen molar-refractivity contribution in [2.75, 3.05) is 44.3 Å². The molecule has 3 N–H and O–H groups in total. The summed E-state index contributed by atoms with van der Waals surface area (Å²) in [5, 5.41) is 18.3. The van der Waals surface area contributed by atoms with Crippen LogP contribution < -0.4 is 20.9 Å². The van der Waals surface area contributed by atoms with E-state index in [-0.39, 0.29) is 25.2 Å². The lowest BCUT2D eigenvalue weighted by molar-refractivity contribution is -0.122. The van der Waals surface area contributed by atoms with E-state index in [1.807, 2.05) is 48.2 Å². The maximum Gasteiger partial charge on any atom is 0.243 e. The number of halogens is 2. The summed E-state index contributed by atoms with van der Waals surface area (Å²) in [5.41, 5.74) is 3.71. The number of amides is 1. The molecule has 0 radical (unpaired) electrons. The quantitative estimate of drug-likeness (QED) is 0.244. The average molecular weight is 474 g/mol. The van der Waals surface area contributed by atoms with Gasteiger partial charge >= 0.3 is 0 Å². The molecule has 1 amide bonds. The Hall–Kier alpha value is -2.82. The molecule has 1 saturated heterocycles. The third-order valence-corrected chi connectivity index (χ3v) is 5.82. The first-order chi connectivity index (χ1) is 15.9.